The largest absolute Gasteiger partial charge is 0.471 e. The number of aromatic nitrogens is 1. The maximum atomic E-state index is 12.3. The fourth-order valence-corrected chi connectivity index (χ4v) is 2.32. The zero-order valence-corrected chi connectivity index (χ0v) is 11.6. The number of hydrogen-bond donors (Lipinski definition) is 2. The van der Waals surface area contributed by atoms with E-state index in [-0.39, 0.29) is 19.1 Å². The minimum absolute atomic E-state index is 0.0194. The molecule has 0 spiro atoms. The van der Waals surface area contributed by atoms with Crippen LogP contribution in [0.5, 0.6) is 0 Å². The topological polar surface area (TPSA) is 71.2 Å². The van der Waals surface area contributed by atoms with Gasteiger partial charge in [-0.15, -0.1) is 0 Å². The van der Waals surface area contributed by atoms with E-state index in [1.54, 1.807) is 12.1 Å². The third-order valence-corrected chi connectivity index (χ3v) is 3.45. The summed E-state index contributed by atoms with van der Waals surface area (Å²) in [5.41, 5.74) is 7.25. The summed E-state index contributed by atoms with van der Waals surface area (Å²) in [6.45, 7) is 1.98. The molecule has 5 nitrogen and oxygen atoms in total. The molecule has 0 aliphatic carbocycles. The van der Waals surface area contributed by atoms with Crippen molar-refractivity contribution in [2.24, 2.45) is 0 Å². The van der Waals surface area contributed by atoms with E-state index in [9.17, 15) is 18.0 Å². The Morgan fingerprint density at radius 3 is 2.52 bits per heavy atom. The summed E-state index contributed by atoms with van der Waals surface area (Å²) in [6.07, 6.45) is -3.92. The van der Waals surface area contributed by atoms with Crippen LogP contribution in [0, 0.1) is 6.92 Å². The van der Waals surface area contributed by atoms with Crippen molar-refractivity contribution in [1.82, 2.24) is 9.88 Å². The minimum Gasteiger partial charge on any atom is -0.382 e. The van der Waals surface area contributed by atoms with Crippen molar-refractivity contribution < 1.29 is 18.0 Å². The molecule has 2 heterocycles. The van der Waals surface area contributed by atoms with E-state index in [2.05, 4.69) is 10.3 Å². The van der Waals surface area contributed by atoms with Crippen molar-refractivity contribution in [3.05, 3.63) is 17.8 Å². The van der Waals surface area contributed by atoms with E-state index in [4.69, 9.17) is 5.73 Å². The standard InChI is InChI=1S/C13H17F3N4O/c1-8-2-3-10(11(17)18-8)19-9-4-6-20(7-5-9)12(21)13(14,15)16/h2-3,9,19H,4-7H2,1H3,(H2,17,18). The van der Waals surface area contributed by atoms with E-state index in [1.807, 2.05) is 6.92 Å². The fourth-order valence-electron chi connectivity index (χ4n) is 2.32. The number of rotatable bonds is 2. The Labute approximate surface area is 120 Å². The normalized spacial score (nSPS) is 16.9. The lowest BCUT2D eigenvalue weighted by atomic mass is 10.0. The first-order valence-electron chi connectivity index (χ1n) is 6.63. The quantitative estimate of drug-likeness (QED) is 0.876. The van der Waals surface area contributed by atoms with Crippen molar-refractivity contribution in [3.63, 3.8) is 0 Å². The molecule has 1 aliphatic rings. The second-order valence-electron chi connectivity index (χ2n) is 5.09. The molecule has 0 bridgehead atoms. The van der Waals surface area contributed by atoms with Crippen LogP contribution in [0.15, 0.2) is 12.1 Å². The van der Waals surface area contributed by atoms with E-state index in [0.29, 0.717) is 24.3 Å². The second-order valence-corrected chi connectivity index (χ2v) is 5.09. The Morgan fingerprint density at radius 2 is 2.00 bits per heavy atom. The number of carbonyl (C=O) groups excluding carboxylic acids is 1. The Balaban J connectivity index is 1.91. The third kappa shape index (κ3) is 3.77. The lowest BCUT2D eigenvalue weighted by molar-refractivity contribution is -0.186. The molecule has 2 rings (SSSR count). The van der Waals surface area contributed by atoms with Crippen LogP contribution >= 0.6 is 0 Å². The summed E-state index contributed by atoms with van der Waals surface area (Å²) in [4.78, 5) is 16.1. The summed E-state index contributed by atoms with van der Waals surface area (Å²) in [5.74, 6) is -1.40. The first-order valence-corrected chi connectivity index (χ1v) is 6.63. The molecule has 21 heavy (non-hydrogen) atoms. The summed E-state index contributed by atoms with van der Waals surface area (Å²) in [5, 5.41) is 3.17. The Kier molecular flexibility index (Phi) is 4.24. The zero-order chi connectivity index (χ0) is 15.6. The number of carbonyl (C=O) groups is 1. The van der Waals surface area contributed by atoms with Crippen LogP contribution < -0.4 is 11.1 Å². The van der Waals surface area contributed by atoms with Gasteiger partial charge in [-0.3, -0.25) is 4.79 Å². The monoisotopic (exact) mass is 302 g/mol. The highest BCUT2D eigenvalue weighted by molar-refractivity contribution is 5.82. The smallest absolute Gasteiger partial charge is 0.382 e. The maximum absolute atomic E-state index is 12.3. The predicted molar refractivity (Wildman–Crippen MR) is 72.7 cm³/mol. The van der Waals surface area contributed by atoms with Crippen LogP contribution in [0.2, 0.25) is 0 Å². The van der Waals surface area contributed by atoms with Crippen LogP contribution in [-0.4, -0.2) is 41.1 Å². The van der Waals surface area contributed by atoms with Crippen LogP contribution in [-0.2, 0) is 4.79 Å². The predicted octanol–water partition coefficient (Wildman–Crippen LogP) is 1.94. The highest BCUT2D eigenvalue weighted by atomic mass is 19.4. The van der Waals surface area contributed by atoms with Gasteiger partial charge in [0.05, 0.1) is 5.69 Å². The highest BCUT2D eigenvalue weighted by Gasteiger charge is 2.43. The van der Waals surface area contributed by atoms with Gasteiger partial charge in [-0.05, 0) is 31.9 Å². The molecule has 1 aliphatic heterocycles. The summed E-state index contributed by atoms with van der Waals surface area (Å²) in [6, 6.07) is 3.58. The average molecular weight is 302 g/mol. The van der Waals surface area contributed by atoms with Gasteiger partial charge in [0, 0.05) is 24.8 Å². The van der Waals surface area contributed by atoms with E-state index in [0.717, 1.165) is 10.6 Å². The highest BCUT2D eigenvalue weighted by Crippen LogP contribution is 2.24. The molecule has 8 heteroatoms. The lowest BCUT2D eigenvalue weighted by Gasteiger charge is -2.33. The molecule has 116 valence electrons. The van der Waals surface area contributed by atoms with Gasteiger partial charge < -0.3 is 16.0 Å². The first kappa shape index (κ1) is 15.4. The number of pyridine rings is 1. The maximum Gasteiger partial charge on any atom is 0.471 e. The van der Waals surface area contributed by atoms with Crippen LogP contribution in [0.3, 0.4) is 0 Å². The van der Waals surface area contributed by atoms with Gasteiger partial charge in [0.1, 0.15) is 5.82 Å². The number of nitrogens with two attached hydrogens (primary N) is 1. The van der Waals surface area contributed by atoms with E-state index in [1.165, 1.54) is 0 Å². The van der Waals surface area contributed by atoms with E-state index < -0.39 is 12.1 Å². The molecule has 1 fully saturated rings. The molecule has 0 atom stereocenters. The van der Waals surface area contributed by atoms with Crippen molar-refractivity contribution in [3.8, 4) is 0 Å². The fraction of sp³-hybridized carbons (Fsp3) is 0.538. The van der Waals surface area contributed by atoms with Gasteiger partial charge in [0.25, 0.3) is 0 Å². The van der Waals surface area contributed by atoms with Gasteiger partial charge in [-0.2, -0.15) is 13.2 Å². The van der Waals surface area contributed by atoms with Gasteiger partial charge in [-0.25, -0.2) is 4.98 Å². The van der Waals surface area contributed by atoms with Gasteiger partial charge in [0.2, 0.25) is 0 Å². The Morgan fingerprint density at radius 1 is 1.38 bits per heavy atom. The van der Waals surface area contributed by atoms with Gasteiger partial charge in [0.15, 0.2) is 0 Å². The summed E-state index contributed by atoms with van der Waals surface area (Å²) in [7, 11) is 0. The number of halogens is 3. The lowest BCUT2D eigenvalue weighted by Crippen LogP contribution is -2.47. The number of anilines is 2. The molecule has 0 unspecified atom stereocenters. The molecule has 1 saturated heterocycles. The number of aryl methyl sites for hydroxylation is 1. The number of likely N-dealkylation sites (tertiary alicyclic amines) is 1. The minimum atomic E-state index is -4.80. The number of alkyl halides is 3. The summed E-state index contributed by atoms with van der Waals surface area (Å²) >= 11 is 0. The van der Waals surface area contributed by atoms with Gasteiger partial charge in [-0.1, -0.05) is 0 Å². The molecular formula is C13H17F3N4O. The molecule has 0 aromatic carbocycles. The van der Waals surface area contributed by atoms with Crippen molar-refractivity contribution in [1.29, 1.82) is 0 Å². The third-order valence-electron chi connectivity index (χ3n) is 3.45. The number of hydrogen-bond acceptors (Lipinski definition) is 4. The molecule has 3 N–H and O–H groups in total. The number of nitrogen functional groups attached to an aromatic ring is 1. The Bertz CT molecular complexity index is 525. The number of piperidine rings is 1. The molecular weight excluding hydrogens is 285 g/mol. The zero-order valence-electron chi connectivity index (χ0n) is 11.6. The van der Waals surface area contributed by atoms with E-state index >= 15 is 0 Å². The van der Waals surface area contributed by atoms with Crippen molar-refractivity contribution in [2.45, 2.75) is 32.0 Å². The van der Waals surface area contributed by atoms with Crippen molar-refractivity contribution in [2.75, 3.05) is 24.1 Å². The van der Waals surface area contributed by atoms with Crippen LogP contribution in [0.1, 0.15) is 18.5 Å². The summed E-state index contributed by atoms with van der Waals surface area (Å²) < 4.78 is 37.0. The second kappa shape index (κ2) is 5.79. The SMILES string of the molecule is Cc1ccc(NC2CCN(C(=O)C(F)(F)F)CC2)c(N)n1. The molecule has 0 saturated carbocycles. The van der Waals surface area contributed by atoms with Crippen molar-refractivity contribution >= 4 is 17.4 Å². The molecule has 1 amide bonds. The first-order chi connectivity index (χ1) is 9.77. The number of nitrogens with zero attached hydrogens (tertiary/aromatic N) is 2. The average Bonchev–Trinajstić information content (AvgIpc) is 2.41. The number of amides is 1. The Hall–Kier alpha value is -1.99. The molecule has 0 radical (unpaired) electrons. The van der Waals surface area contributed by atoms with Crippen LogP contribution in [0.4, 0.5) is 24.7 Å². The molecule has 1 aromatic rings. The number of nitrogens with one attached hydrogen (secondary N) is 1. The van der Waals surface area contributed by atoms with Crippen LogP contribution in [0.25, 0.3) is 0 Å². The van der Waals surface area contributed by atoms with Gasteiger partial charge >= 0.3 is 12.1 Å². The molecule has 1 aromatic heterocycles.